The number of hydrogen-bond donors (Lipinski definition) is 1. The minimum Gasteiger partial charge on any atom is -0.405 e. The predicted octanol–water partition coefficient (Wildman–Crippen LogP) is 4.80. The van der Waals surface area contributed by atoms with Gasteiger partial charge in [0.25, 0.3) is 15.9 Å². The summed E-state index contributed by atoms with van der Waals surface area (Å²) in [6, 6.07) is 15.3. The highest BCUT2D eigenvalue weighted by Gasteiger charge is 2.32. The van der Waals surface area contributed by atoms with Crippen LogP contribution in [0.2, 0.25) is 0 Å². The van der Waals surface area contributed by atoms with E-state index in [1.165, 1.54) is 49.5 Å². The Hall–Kier alpha value is -3.60. The summed E-state index contributed by atoms with van der Waals surface area (Å²) in [5.74, 6) is -1.70. The average Bonchev–Trinajstić information content (AvgIpc) is 2.74. The van der Waals surface area contributed by atoms with Crippen LogP contribution in [-0.4, -0.2) is 32.6 Å². The summed E-state index contributed by atoms with van der Waals surface area (Å²) < 4.78 is 82.7. The molecule has 0 aliphatic carbocycles. The van der Waals surface area contributed by atoms with Crippen molar-refractivity contribution in [1.82, 2.24) is 4.90 Å². The third-order valence-corrected chi connectivity index (χ3v) is 5.86. The molecule has 11 heteroatoms. The van der Waals surface area contributed by atoms with Crippen molar-refractivity contribution < 1.29 is 35.5 Å². The Kier molecular flexibility index (Phi) is 6.92. The first-order chi connectivity index (χ1) is 15.5. The molecule has 0 aromatic heterocycles. The second-order valence-corrected chi connectivity index (χ2v) is 8.60. The molecule has 174 valence electrons. The van der Waals surface area contributed by atoms with Crippen molar-refractivity contribution in [3.8, 4) is 5.75 Å². The first-order valence-corrected chi connectivity index (χ1v) is 10.9. The fourth-order valence-electron chi connectivity index (χ4n) is 2.97. The average molecular weight is 482 g/mol. The van der Waals surface area contributed by atoms with Crippen LogP contribution in [0.5, 0.6) is 5.75 Å². The molecule has 0 saturated heterocycles. The molecule has 0 fully saturated rings. The number of benzene rings is 3. The van der Waals surface area contributed by atoms with Crippen molar-refractivity contribution in [2.45, 2.75) is 17.8 Å². The first kappa shape index (κ1) is 24.1. The molecule has 33 heavy (non-hydrogen) atoms. The predicted molar refractivity (Wildman–Crippen MR) is 113 cm³/mol. The van der Waals surface area contributed by atoms with E-state index in [1.807, 2.05) is 0 Å². The molecule has 0 unspecified atom stereocenters. The van der Waals surface area contributed by atoms with Gasteiger partial charge >= 0.3 is 6.36 Å². The number of alkyl halides is 3. The Balaban J connectivity index is 1.84. The molecule has 3 rings (SSSR count). The number of hydrogen-bond acceptors (Lipinski definition) is 4. The molecule has 0 saturated carbocycles. The molecule has 0 aliphatic heterocycles. The zero-order chi connectivity index (χ0) is 24.2. The molecule has 3 aromatic carbocycles. The number of amides is 1. The fourth-order valence-corrected chi connectivity index (χ4v) is 4.05. The summed E-state index contributed by atoms with van der Waals surface area (Å²) in [6.07, 6.45) is -4.90. The molecule has 1 amide bonds. The van der Waals surface area contributed by atoms with E-state index in [4.69, 9.17) is 0 Å². The number of rotatable bonds is 7. The Bertz CT molecular complexity index is 1250. The molecule has 3 aromatic rings. The van der Waals surface area contributed by atoms with E-state index < -0.39 is 33.9 Å². The maximum atomic E-state index is 13.1. The number of nitrogens with zero attached hydrogens (tertiary/aromatic N) is 1. The topological polar surface area (TPSA) is 75.7 Å². The van der Waals surface area contributed by atoms with Gasteiger partial charge in [-0.2, -0.15) is 0 Å². The minimum atomic E-state index is -4.90. The van der Waals surface area contributed by atoms with E-state index in [0.717, 1.165) is 35.2 Å². The Morgan fingerprint density at radius 2 is 1.58 bits per heavy atom. The van der Waals surface area contributed by atoms with Crippen molar-refractivity contribution >= 4 is 21.6 Å². The number of para-hydroxylation sites is 2. The molecule has 0 bridgehead atoms. The standard InChI is InChI=1S/C22H18F4N2O4S/c1-28(14-15-6-2-5-9-20(15)32-22(24,25)26)21(29)18-7-3-4-8-19(18)27-33(30,31)17-12-10-16(23)11-13-17/h2-13,27H,14H2,1H3. The van der Waals surface area contributed by atoms with Gasteiger partial charge in [0.2, 0.25) is 0 Å². The van der Waals surface area contributed by atoms with Crippen molar-refractivity contribution in [2.24, 2.45) is 0 Å². The number of carbonyl (C=O) groups excluding carboxylic acids is 1. The lowest BCUT2D eigenvalue weighted by atomic mass is 10.1. The normalized spacial score (nSPS) is 11.7. The van der Waals surface area contributed by atoms with Gasteiger partial charge in [0.1, 0.15) is 11.6 Å². The summed E-state index contributed by atoms with van der Waals surface area (Å²) in [7, 11) is -2.77. The SMILES string of the molecule is CN(Cc1ccccc1OC(F)(F)F)C(=O)c1ccccc1NS(=O)(=O)c1ccc(F)cc1. The van der Waals surface area contributed by atoms with E-state index in [2.05, 4.69) is 9.46 Å². The van der Waals surface area contributed by atoms with Gasteiger partial charge in [-0.15, -0.1) is 13.2 Å². The van der Waals surface area contributed by atoms with Crippen LogP contribution in [0.4, 0.5) is 23.2 Å². The quantitative estimate of drug-likeness (QED) is 0.491. The Labute approximate surface area is 187 Å². The van der Waals surface area contributed by atoms with Crippen LogP contribution < -0.4 is 9.46 Å². The largest absolute Gasteiger partial charge is 0.573 e. The molecule has 0 spiro atoms. The smallest absolute Gasteiger partial charge is 0.405 e. The Morgan fingerprint density at radius 3 is 2.24 bits per heavy atom. The molecular weight excluding hydrogens is 464 g/mol. The van der Waals surface area contributed by atoms with Crippen molar-refractivity contribution in [3.05, 3.63) is 89.7 Å². The zero-order valence-electron chi connectivity index (χ0n) is 17.1. The van der Waals surface area contributed by atoms with Gasteiger partial charge in [-0.1, -0.05) is 30.3 Å². The van der Waals surface area contributed by atoms with Gasteiger partial charge in [-0.25, -0.2) is 12.8 Å². The lowest BCUT2D eigenvalue weighted by molar-refractivity contribution is -0.275. The summed E-state index contributed by atoms with van der Waals surface area (Å²) in [5, 5.41) is 0. The maximum Gasteiger partial charge on any atom is 0.573 e. The summed E-state index contributed by atoms with van der Waals surface area (Å²) in [4.78, 5) is 13.9. The first-order valence-electron chi connectivity index (χ1n) is 9.43. The number of ether oxygens (including phenoxy) is 1. The van der Waals surface area contributed by atoms with Crippen molar-refractivity contribution in [3.63, 3.8) is 0 Å². The van der Waals surface area contributed by atoms with E-state index in [1.54, 1.807) is 0 Å². The number of nitrogens with one attached hydrogen (secondary N) is 1. The van der Waals surface area contributed by atoms with Crippen molar-refractivity contribution in [2.75, 3.05) is 11.8 Å². The highest BCUT2D eigenvalue weighted by molar-refractivity contribution is 7.92. The molecule has 0 aliphatic rings. The molecule has 1 N–H and O–H groups in total. The van der Waals surface area contributed by atoms with Crippen LogP contribution in [0.3, 0.4) is 0 Å². The molecule has 0 heterocycles. The number of halogens is 4. The van der Waals surface area contributed by atoms with Gasteiger partial charge in [0, 0.05) is 19.2 Å². The zero-order valence-corrected chi connectivity index (χ0v) is 18.0. The third-order valence-electron chi connectivity index (χ3n) is 4.48. The van der Waals surface area contributed by atoms with Crippen molar-refractivity contribution in [1.29, 1.82) is 0 Å². The van der Waals surface area contributed by atoms with E-state index >= 15 is 0 Å². The van der Waals surface area contributed by atoms with E-state index in [0.29, 0.717) is 0 Å². The van der Waals surface area contributed by atoms with Gasteiger partial charge in [-0.05, 0) is 42.5 Å². The van der Waals surface area contributed by atoms with Gasteiger partial charge in [-0.3, -0.25) is 9.52 Å². The van der Waals surface area contributed by atoms with E-state index in [9.17, 15) is 30.8 Å². The lowest BCUT2D eigenvalue weighted by Gasteiger charge is -2.21. The number of carbonyl (C=O) groups is 1. The summed E-state index contributed by atoms with van der Waals surface area (Å²) >= 11 is 0. The minimum absolute atomic E-state index is 0.0279. The number of anilines is 1. The van der Waals surface area contributed by atoms with Crippen LogP contribution in [-0.2, 0) is 16.6 Å². The van der Waals surface area contributed by atoms with Crippen LogP contribution in [0.15, 0.2) is 77.7 Å². The molecule has 6 nitrogen and oxygen atoms in total. The maximum absolute atomic E-state index is 13.1. The van der Waals surface area contributed by atoms with Crippen LogP contribution in [0, 0.1) is 5.82 Å². The lowest BCUT2D eigenvalue weighted by Crippen LogP contribution is -2.28. The highest BCUT2D eigenvalue weighted by atomic mass is 32.2. The third kappa shape index (κ3) is 6.22. The fraction of sp³-hybridized carbons (Fsp3) is 0.136. The molecule has 0 atom stereocenters. The van der Waals surface area contributed by atoms with Crippen LogP contribution in [0.25, 0.3) is 0 Å². The summed E-state index contributed by atoms with van der Waals surface area (Å²) in [6.45, 7) is -0.232. The Morgan fingerprint density at radius 1 is 0.970 bits per heavy atom. The van der Waals surface area contributed by atoms with E-state index in [-0.39, 0.29) is 28.3 Å². The van der Waals surface area contributed by atoms with Crippen LogP contribution in [0.1, 0.15) is 15.9 Å². The number of sulfonamides is 1. The highest BCUT2D eigenvalue weighted by Crippen LogP contribution is 2.28. The summed E-state index contributed by atoms with van der Waals surface area (Å²) in [5.41, 5.74) is 0.0356. The monoisotopic (exact) mass is 482 g/mol. The second-order valence-electron chi connectivity index (χ2n) is 6.92. The van der Waals surface area contributed by atoms with Gasteiger partial charge < -0.3 is 9.64 Å². The molecular formula is C22H18F4N2O4S. The van der Waals surface area contributed by atoms with Gasteiger partial charge in [0.15, 0.2) is 0 Å². The van der Waals surface area contributed by atoms with Crippen LogP contribution >= 0.6 is 0 Å². The van der Waals surface area contributed by atoms with Gasteiger partial charge in [0.05, 0.1) is 16.1 Å². The molecule has 0 radical (unpaired) electrons. The second kappa shape index (κ2) is 9.49.